The SMILES string of the molecule is CC(C#N)OC(=O)CCOc1cccc(N)c1. The summed E-state index contributed by atoms with van der Waals surface area (Å²) in [6.07, 6.45) is -0.629. The van der Waals surface area contributed by atoms with Gasteiger partial charge in [-0.3, -0.25) is 4.79 Å². The highest BCUT2D eigenvalue weighted by molar-refractivity contribution is 5.69. The van der Waals surface area contributed by atoms with Crippen molar-refractivity contribution in [3.05, 3.63) is 24.3 Å². The summed E-state index contributed by atoms with van der Waals surface area (Å²) in [6, 6.07) is 8.74. The molecule has 1 rings (SSSR count). The first-order valence-corrected chi connectivity index (χ1v) is 5.19. The van der Waals surface area contributed by atoms with Crippen LogP contribution in [0.2, 0.25) is 0 Å². The number of anilines is 1. The molecular weight excluding hydrogens is 220 g/mol. The number of ether oxygens (including phenoxy) is 2. The van der Waals surface area contributed by atoms with Gasteiger partial charge in [0.2, 0.25) is 0 Å². The second kappa shape index (κ2) is 6.38. The van der Waals surface area contributed by atoms with E-state index in [2.05, 4.69) is 0 Å². The van der Waals surface area contributed by atoms with Gasteiger partial charge in [0, 0.05) is 11.8 Å². The van der Waals surface area contributed by atoms with Crippen LogP contribution in [-0.4, -0.2) is 18.7 Å². The van der Waals surface area contributed by atoms with Crippen molar-refractivity contribution in [1.82, 2.24) is 0 Å². The van der Waals surface area contributed by atoms with Crippen LogP contribution in [-0.2, 0) is 9.53 Å². The van der Waals surface area contributed by atoms with E-state index >= 15 is 0 Å². The lowest BCUT2D eigenvalue weighted by Crippen LogP contribution is -2.15. The molecule has 0 fully saturated rings. The van der Waals surface area contributed by atoms with Gasteiger partial charge in [-0.15, -0.1) is 0 Å². The first kappa shape index (κ1) is 12.8. The molecule has 5 nitrogen and oxygen atoms in total. The predicted octanol–water partition coefficient (Wildman–Crippen LogP) is 1.49. The van der Waals surface area contributed by atoms with Crippen molar-refractivity contribution in [2.75, 3.05) is 12.3 Å². The average Bonchev–Trinajstić information content (AvgIpc) is 2.29. The van der Waals surface area contributed by atoms with Crippen LogP contribution in [0.3, 0.4) is 0 Å². The van der Waals surface area contributed by atoms with Gasteiger partial charge in [0.25, 0.3) is 0 Å². The van der Waals surface area contributed by atoms with Gasteiger partial charge in [-0.2, -0.15) is 5.26 Å². The standard InChI is InChI=1S/C12H14N2O3/c1-9(8-13)17-12(15)5-6-16-11-4-2-3-10(14)7-11/h2-4,7,9H,5-6,14H2,1H3. The van der Waals surface area contributed by atoms with Gasteiger partial charge in [0.05, 0.1) is 13.0 Å². The Morgan fingerprint density at radius 2 is 2.35 bits per heavy atom. The topological polar surface area (TPSA) is 85.3 Å². The number of carbonyl (C=O) groups excluding carboxylic acids is 1. The third kappa shape index (κ3) is 4.89. The summed E-state index contributed by atoms with van der Waals surface area (Å²) in [4.78, 5) is 11.2. The Balaban J connectivity index is 2.29. The molecule has 5 heteroatoms. The number of benzene rings is 1. The van der Waals surface area contributed by atoms with Crippen LogP contribution in [0.1, 0.15) is 13.3 Å². The van der Waals surface area contributed by atoms with Gasteiger partial charge < -0.3 is 15.2 Å². The number of nitriles is 1. The third-order valence-electron chi connectivity index (χ3n) is 1.92. The Morgan fingerprint density at radius 3 is 3.00 bits per heavy atom. The molecule has 0 aliphatic carbocycles. The minimum atomic E-state index is -0.727. The van der Waals surface area contributed by atoms with Crippen LogP contribution in [0.15, 0.2) is 24.3 Å². The molecule has 1 unspecified atom stereocenters. The van der Waals surface area contributed by atoms with Gasteiger partial charge in [0.15, 0.2) is 6.10 Å². The molecule has 0 aliphatic heterocycles. The van der Waals surface area contributed by atoms with Crippen LogP contribution >= 0.6 is 0 Å². The maximum Gasteiger partial charge on any atom is 0.310 e. The Kier molecular flexibility index (Phi) is 4.82. The summed E-state index contributed by atoms with van der Waals surface area (Å²) in [6.45, 7) is 1.71. The van der Waals surface area contributed by atoms with Crippen molar-refractivity contribution in [2.24, 2.45) is 0 Å². The molecule has 0 aromatic heterocycles. The number of carbonyl (C=O) groups is 1. The van der Waals surface area contributed by atoms with E-state index in [-0.39, 0.29) is 13.0 Å². The fourth-order valence-electron chi connectivity index (χ4n) is 1.14. The van der Waals surface area contributed by atoms with Crippen molar-refractivity contribution in [3.8, 4) is 11.8 Å². The molecule has 0 radical (unpaired) electrons. The maximum absolute atomic E-state index is 11.2. The number of nitrogens with two attached hydrogens (primary N) is 1. The molecule has 0 heterocycles. The Bertz CT molecular complexity index is 426. The van der Waals surface area contributed by atoms with Gasteiger partial charge in [-0.1, -0.05) is 6.07 Å². The molecule has 1 aromatic carbocycles. The molecule has 1 aromatic rings. The summed E-state index contributed by atoms with van der Waals surface area (Å²) in [7, 11) is 0. The molecule has 2 N–H and O–H groups in total. The van der Waals surface area contributed by atoms with Crippen molar-refractivity contribution in [1.29, 1.82) is 5.26 Å². The molecule has 1 atom stereocenters. The quantitative estimate of drug-likeness (QED) is 0.616. The number of nitrogens with zero attached hydrogens (tertiary/aromatic N) is 1. The summed E-state index contributed by atoms with van der Waals surface area (Å²) in [5.41, 5.74) is 6.17. The Hall–Kier alpha value is -2.22. The van der Waals surface area contributed by atoms with Crippen molar-refractivity contribution in [3.63, 3.8) is 0 Å². The van der Waals surface area contributed by atoms with Crippen LogP contribution in [0.5, 0.6) is 5.75 Å². The average molecular weight is 234 g/mol. The minimum Gasteiger partial charge on any atom is -0.493 e. The van der Waals surface area contributed by atoms with E-state index in [1.807, 2.05) is 6.07 Å². The molecule has 0 spiro atoms. The highest BCUT2D eigenvalue weighted by Gasteiger charge is 2.08. The smallest absolute Gasteiger partial charge is 0.310 e. The van der Waals surface area contributed by atoms with E-state index in [0.29, 0.717) is 11.4 Å². The van der Waals surface area contributed by atoms with Gasteiger partial charge >= 0.3 is 5.97 Å². The molecule has 0 bridgehead atoms. The van der Waals surface area contributed by atoms with Crippen LogP contribution < -0.4 is 10.5 Å². The highest BCUT2D eigenvalue weighted by Crippen LogP contribution is 2.14. The summed E-state index contributed by atoms with van der Waals surface area (Å²) >= 11 is 0. The fourth-order valence-corrected chi connectivity index (χ4v) is 1.14. The van der Waals surface area contributed by atoms with E-state index in [0.717, 1.165) is 0 Å². The van der Waals surface area contributed by atoms with Crippen LogP contribution in [0.25, 0.3) is 0 Å². The lowest BCUT2D eigenvalue weighted by Gasteiger charge is -2.08. The highest BCUT2D eigenvalue weighted by atomic mass is 16.5. The maximum atomic E-state index is 11.2. The predicted molar refractivity (Wildman–Crippen MR) is 62.1 cm³/mol. The largest absolute Gasteiger partial charge is 0.493 e. The number of hydrogen-bond acceptors (Lipinski definition) is 5. The van der Waals surface area contributed by atoms with Gasteiger partial charge in [-0.05, 0) is 19.1 Å². The monoisotopic (exact) mass is 234 g/mol. The van der Waals surface area contributed by atoms with Crippen LogP contribution in [0, 0.1) is 11.3 Å². The number of nitrogen functional groups attached to an aromatic ring is 1. The van der Waals surface area contributed by atoms with Crippen molar-refractivity contribution < 1.29 is 14.3 Å². The zero-order valence-electron chi connectivity index (χ0n) is 9.55. The molecule has 90 valence electrons. The lowest BCUT2D eigenvalue weighted by molar-refractivity contribution is -0.146. The molecule has 0 aliphatic rings. The van der Waals surface area contributed by atoms with E-state index in [9.17, 15) is 4.79 Å². The summed E-state index contributed by atoms with van der Waals surface area (Å²) in [5.74, 6) is 0.147. The zero-order chi connectivity index (χ0) is 12.7. The zero-order valence-corrected chi connectivity index (χ0v) is 9.55. The van der Waals surface area contributed by atoms with E-state index < -0.39 is 12.1 Å². The van der Waals surface area contributed by atoms with E-state index in [4.69, 9.17) is 20.5 Å². The first-order valence-electron chi connectivity index (χ1n) is 5.19. The Labute approximate surface area is 99.7 Å². The molecule has 0 saturated carbocycles. The first-order chi connectivity index (χ1) is 8.11. The third-order valence-corrected chi connectivity index (χ3v) is 1.92. The van der Waals surface area contributed by atoms with Crippen molar-refractivity contribution in [2.45, 2.75) is 19.4 Å². The number of rotatable bonds is 5. The van der Waals surface area contributed by atoms with Gasteiger partial charge in [-0.25, -0.2) is 0 Å². The normalized spacial score (nSPS) is 11.3. The van der Waals surface area contributed by atoms with E-state index in [1.54, 1.807) is 24.3 Å². The molecular formula is C12H14N2O3. The minimum absolute atomic E-state index is 0.0980. The summed E-state index contributed by atoms with van der Waals surface area (Å²) < 4.78 is 10.1. The second-order valence-electron chi connectivity index (χ2n) is 3.43. The fraction of sp³-hybridized carbons (Fsp3) is 0.333. The Morgan fingerprint density at radius 1 is 1.59 bits per heavy atom. The second-order valence-corrected chi connectivity index (χ2v) is 3.43. The van der Waals surface area contributed by atoms with Crippen molar-refractivity contribution >= 4 is 11.7 Å². The number of esters is 1. The molecule has 17 heavy (non-hydrogen) atoms. The molecule has 0 amide bonds. The van der Waals surface area contributed by atoms with E-state index in [1.165, 1.54) is 6.92 Å². The number of hydrogen-bond donors (Lipinski definition) is 1. The molecule has 0 saturated heterocycles. The lowest BCUT2D eigenvalue weighted by atomic mass is 10.3. The summed E-state index contributed by atoms with van der Waals surface area (Å²) in [5, 5.41) is 8.45. The van der Waals surface area contributed by atoms with Gasteiger partial charge in [0.1, 0.15) is 11.8 Å². The van der Waals surface area contributed by atoms with Crippen LogP contribution in [0.4, 0.5) is 5.69 Å².